The largest absolute Gasteiger partial charge is 0.386 e. The van der Waals surface area contributed by atoms with Gasteiger partial charge in [-0.05, 0) is 37.3 Å². The molecular weight excluding hydrogens is 356 g/mol. The first-order valence-corrected chi connectivity index (χ1v) is 8.58. The van der Waals surface area contributed by atoms with Crippen LogP contribution in [0, 0.1) is 11.6 Å². The van der Waals surface area contributed by atoms with Crippen molar-refractivity contribution >= 4 is 28.9 Å². The molecule has 3 N–H and O–H groups in total. The predicted molar refractivity (Wildman–Crippen MR) is 93.5 cm³/mol. The highest BCUT2D eigenvalue weighted by Crippen LogP contribution is 2.26. The van der Waals surface area contributed by atoms with Crippen LogP contribution in [0.15, 0.2) is 35.3 Å². The molecule has 0 aliphatic rings. The van der Waals surface area contributed by atoms with Gasteiger partial charge in [0.1, 0.15) is 17.7 Å². The SMILES string of the molecule is CCNC(=NCc1cc(F)ccc1F)NCC(O)c1ccc(Cl)s1. The fraction of sp³-hybridized carbons (Fsp3) is 0.312. The number of nitrogens with one attached hydrogen (secondary N) is 2. The summed E-state index contributed by atoms with van der Waals surface area (Å²) in [5.74, 6) is -0.614. The summed E-state index contributed by atoms with van der Waals surface area (Å²) in [7, 11) is 0. The molecular formula is C16H18ClF2N3OS. The molecule has 24 heavy (non-hydrogen) atoms. The number of aliphatic hydroxyl groups excluding tert-OH is 1. The van der Waals surface area contributed by atoms with Crippen LogP contribution in [0.3, 0.4) is 0 Å². The second-order valence-corrected chi connectivity index (χ2v) is 6.72. The second-order valence-electron chi connectivity index (χ2n) is 4.97. The molecule has 0 bridgehead atoms. The van der Waals surface area contributed by atoms with E-state index in [0.29, 0.717) is 16.8 Å². The maximum absolute atomic E-state index is 13.6. The molecule has 0 aliphatic heterocycles. The lowest BCUT2D eigenvalue weighted by Crippen LogP contribution is -2.39. The summed E-state index contributed by atoms with van der Waals surface area (Å²) in [6, 6.07) is 6.73. The minimum absolute atomic E-state index is 0.0140. The highest BCUT2D eigenvalue weighted by Gasteiger charge is 2.11. The number of benzene rings is 1. The van der Waals surface area contributed by atoms with Crippen molar-refractivity contribution in [3.63, 3.8) is 0 Å². The Labute approximate surface area is 148 Å². The van der Waals surface area contributed by atoms with Gasteiger partial charge in [-0.25, -0.2) is 13.8 Å². The summed E-state index contributed by atoms with van der Waals surface area (Å²) in [5.41, 5.74) is 0.165. The van der Waals surface area contributed by atoms with E-state index in [2.05, 4.69) is 15.6 Å². The van der Waals surface area contributed by atoms with Gasteiger partial charge < -0.3 is 15.7 Å². The molecule has 0 spiro atoms. The minimum atomic E-state index is -0.739. The molecule has 8 heteroatoms. The lowest BCUT2D eigenvalue weighted by atomic mass is 10.2. The number of guanidine groups is 1. The van der Waals surface area contributed by atoms with E-state index >= 15 is 0 Å². The molecule has 2 rings (SSSR count). The molecule has 2 aromatic rings. The molecule has 0 saturated carbocycles. The average Bonchev–Trinajstić information content (AvgIpc) is 2.99. The Morgan fingerprint density at radius 2 is 2.08 bits per heavy atom. The standard InChI is InChI=1S/C16H18ClF2N3OS/c1-2-20-16(21-8-10-7-11(18)3-4-12(10)19)22-9-13(23)14-5-6-15(17)24-14/h3-7,13,23H,2,8-9H2,1H3,(H2,20,21,22). The first kappa shape index (κ1) is 18.6. The Morgan fingerprint density at radius 1 is 1.29 bits per heavy atom. The van der Waals surface area contributed by atoms with Crippen molar-refractivity contribution in [2.75, 3.05) is 13.1 Å². The summed E-state index contributed by atoms with van der Waals surface area (Å²) in [4.78, 5) is 4.95. The van der Waals surface area contributed by atoms with Crippen LogP contribution in [0.1, 0.15) is 23.5 Å². The summed E-state index contributed by atoms with van der Waals surface area (Å²) >= 11 is 7.15. The van der Waals surface area contributed by atoms with E-state index in [1.165, 1.54) is 11.3 Å². The summed E-state index contributed by atoms with van der Waals surface area (Å²) in [5, 5.41) is 16.1. The van der Waals surface area contributed by atoms with Gasteiger partial charge in [0.15, 0.2) is 5.96 Å². The van der Waals surface area contributed by atoms with Crippen molar-refractivity contribution in [2.24, 2.45) is 4.99 Å². The van der Waals surface area contributed by atoms with E-state index in [-0.39, 0.29) is 18.7 Å². The van der Waals surface area contributed by atoms with Crippen LogP contribution < -0.4 is 10.6 Å². The van der Waals surface area contributed by atoms with Crippen LogP contribution in [-0.4, -0.2) is 24.2 Å². The van der Waals surface area contributed by atoms with Crippen molar-refractivity contribution in [1.29, 1.82) is 0 Å². The lowest BCUT2D eigenvalue weighted by Gasteiger charge is -2.14. The Kier molecular flexibility index (Phi) is 6.96. The number of thiophene rings is 1. The third-order valence-electron chi connectivity index (χ3n) is 3.14. The highest BCUT2D eigenvalue weighted by molar-refractivity contribution is 7.16. The highest BCUT2D eigenvalue weighted by atomic mass is 35.5. The number of aliphatic imine (C=N–C) groups is 1. The molecule has 0 aliphatic carbocycles. The summed E-state index contributed by atoms with van der Waals surface area (Å²) in [6.45, 7) is 2.68. The second kappa shape index (κ2) is 8.96. The van der Waals surface area contributed by atoms with Crippen LogP contribution in [-0.2, 0) is 6.54 Å². The minimum Gasteiger partial charge on any atom is -0.386 e. The number of hydrogen-bond donors (Lipinski definition) is 3. The van der Waals surface area contributed by atoms with Crippen LogP contribution >= 0.6 is 22.9 Å². The van der Waals surface area contributed by atoms with Crippen LogP contribution in [0.5, 0.6) is 0 Å². The van der Waals surface area contributed by atoms with Crippen molar-refractivity contribution in [1.82, 2.24) is 10.6 Å². The quantitative estimate of drug-likeness (QED) is 0.537. The van der Waals surface area contributed by atoms with E-state index in [9.17, 15) is 13.9 Å². The lowest BCUT2D eigenvalue weighted by molar-refractivity contribution is 0.184. The van der Waals surface area contributed by atoms with E-state index in [1.54, 1.807) is 12.1 Å². The monoisotopic (exact) mass is 373 g/mol. The zero-order valence-corrected chi connectivity index (χ0v) is 14.6. The van der Waals surface area contributed by atoms with Gasteiger partial charge in [0, 0.05) is 23.5 Å². The normalized spacial score (nSPS) is 13.0. The van der Waals surface area contributed by atoms with Gasteiger partial charge >= 0.3 is 0 Å². The number of halogens is 3. The average molecular weight is 374 g/mol. The zero-order valence-electron chi connectivity index (χ0n) is 13.0. The van der Waals surface area contributed by atoms with Gasteiger partial charge in [0.05, 0.1) is 10.9 Å². The maximum Gasteiger partial charge on any atom is 0.191 e. The Morgan fingerprint density at radius 3 is 2.75 bits per heavy atom. The van der Waals surface area contributed by atoms with Crippen LogP contribution in [0.2, 0.25) is 4.34 Å². The molecule has 1 unspecified atom stereocenters. The van der Waals surface area contributed by atoms with Gasteiger partial charge in [0.2, 0.25) is 0 Å². The molecule has 0 amide bonds. The van der Waals surface area contributed by atoms with Gasteiger partial charge in [-0.15, -0.1) is 11.3 Å². The summed E-state index contributed by atoms with van der Waals surface area (Å²) < 4.78 is 27.4. The molecule has 1 atom stereocenters. The Bertz CT molecular complexity index is 708. The van der Waals surface area contributed by atoms with Crippen LogP contribution in [0.25, 0.3) is 0 Å². The van der Waals surface area contributed by atoms with E-state index < -0.39 is 17.7 Å². The van der Waals surface area contributed by atoms with Gasteiger partial charge in [-0.1, -0.05) is 11.6 Å². The molecule has 4 nitrogen and oxygen atoms in total. The molecule has 1 aromatic carbocycles. The van der Waals surface area contributed by atoms with E-state index in [4.69, 9.17) is 11.6 Å². The van der Waals surface area contributed by atoms with Crippen molar-refractivity contribution in [3.05, 3.63) is 56.7 Å². The van der Waals surface area contributed by atoms with Crippen molar-refractivity contribution < 1.29 is 13.9 Å². The third kappa shape index (κ3) is 5.43. The Hall–Kier alpha value is -1.70. The topological polar surface area (TPSA) is 56.7 Å². The van der Waals surface area contributed by atoms with Gasteiger partial charge in [0.25, 0.3) is 0 Å². The van der Waals surface area contributed by atoms with Gasteiger partial charge in [-0.3, -0.25) is 0 Å². The molecule has 0 fully saturated rings. The number of aliphatic hydroxyl groups is 1. The van der Waals surface area contributed by atoms with Crippen molar-refractivity contribution in [3.8, 4) is 0 Å². The number of rotatable bonds is 6. The first-order chi connectivity index (χ1) is 11.5. The van der Waals surface area contributed by atoms with E-state index in [1.807, 2.05) is 6.92 Å². The predicted octanol–water partition coefficient (Wildman–Crippen LogP) is 3.47. The maximum atomic E-state index is 13.6. The number of nitrogens with zero attached hydrogens (tertiary/aromatic N) is 1. The Balaban J connectivity index is 1.99. The molecule has 130 valence electrons. The third-order valence-corrected chi connectivity index (χ3v) is 4.48. The molecule has 0 saturated heterocycles. The fourth-order valence-electron chi connectivity index (χ4n) is 1.97. The zero-order chi connectivity index (χ0) is 17.5. The first-order valence-electron chi connectivity index (χ1n) is 7.39. The van der Waals surface area contributed by atoms with Crippen LogP contribution in [0.4, 0.5) is 8.78 Å². The fourth-order valence-corrected chi connectivity index (χ4v) is 3.02. The van der Waals surface area contributed by atoms with Crippen molar-refractivity contribution in [2.45, 2.75) is 19.6 Å². The molecule has 0 radical (unpaired) electrons. The molecule has 1 aromatic heterocycles. The summed E-state index contributed by atoms with van der Waals surface area (Å²) in [6.07, 6.45) is -0.739. The molecule has 1 heterocycles. The smallest absolute Gasteiger partial charge is 0.191 e. The van der Waals surface area contributed by atoms with Gasteiger partial charge in [-0.2, -0.15) is 0 Å². The van der Waals surface area contributed by atoms with E-state index in [0.717, 1.165) is 23.1 Å². The number of hydrogen-bond acceptors (Lipinski definition) is 3.